The van der Waals surface area contributed by atoms with Crippen LogP contribution in [-0.2, 0) is 11.2 Å². The first-order valence-electron chi connectivity index (χ1n) is 8.82. The van der Waals surface area contributed by atoms with Crippen molar-refractivity contribution < 1.29 is 9.53 Å². The first-order valence-corrected chi connectivity index (χ1v) is 9.23. The monoisotopic (exact) mass is 370 g/mol. The minimum Gasteiger partial charge on any atom is -0.494 e. The summed E-state index contributed by atoms with van der Waals surface area (Å²) in [6.45, 7) is 7.04. The third-order valence-corrected chi connectivity index (χ3v) is 4.15. The largest absolute Gasteiger partial charge is 0.494 e. The fourth-order valence-electron chi connectivity index (χ4n) is 2.36. The van der Waals surface area contributed by atoms with Crippen molar-refractivity contribution in [3.05, 3.63) is 59.7 Å². The van der Waals surface area contributed by atoms with Crippen LogP contribution in [-0.4, -0.2) is 17.6 Å². The van der Waals surface area contributed by atoms with Crippen LogP contribution in [0.1, 0.15) is 31.4 Å². The molecule has 0 saturated carbocycles. The van der Waals surface area contributed by atoms with E-state index in [1.165, 1.54) is 0 Å². The number of nitrogens with one attached hydrogen (secondary N) is 2. The number of hydrogen-bond acceptors (Lipinski definition) is 3. The van der Waals surface area contributed by atoms with Gasteiger partial charge < -0.3 is 15.4 Å². The van der Waals surface area contributed by atoms with Crippen molar-refractivity contribution in [3.63, 3.8) is 0 Å². The molecular formula is C21H26N2O2S. The number of thiocarbonyl (C=S) groups is 1. The summed E-state index contributed by atoms with van der Waals surface area (Å²) in [6.07, 6.45) is 1.33. The van der Waals surface area contributed by atoms with Crippen molar-refractivity contribution in [1.29, 1.82) is 0 Å². The molecule has 26 heavy (non-hydrogen) atoms. The zero-order chi connectivity index (χ0) is 18.9. The average Bonchev–Trinajstić information content (AvgIpc) is 2.58. The lowest BCUT2D eigenvalue weighted by Gasteiger charge is -2.12. The predicted octanol–water partition coefficient (Wildman–Crippen LogP) is 4.48. The van der Waals surface area contributed by atoms with Gasteiger partial charge in [0.05, 0.1) is 13.0 Å². The number of anilines is 1. The first-order chi connectivity index (χ1) is 12.4. The molecule has 0 aliphatic rings. The van der Waals surface area contributed by atoms with Crippen LogP contribution in [0.3, 0.4) is 0 Å². The molecule has 138 valence electrons. The smallest absolute Gasteiger partial charge is 0.230 e. The van der Waals surface area contributed by atoms with E-state index in [2.05, 4.69) is 24.5 Å². The SMILES string of the molecule is Cc1ccccc1CC(=O)NC(=S)Nc1ccc(OCCC(C)C)cc1. The van der Waals surface area contributed by atoms with Crippen LogP contribution in [0.4, 0.5) is 5.69 Å². The summed E-state index contributed by atoms with van der Waals surface area (Å²) < 4.78 is 5.69. The van der Waals surface area contributed by atoms with Gasteiger partial charge in [-0.05, 0) is 66.9 Å². The minimum atomic E-state index is -0.134. The molecule has 0 bridgehead atoms. The van der Waals surface area contributed by atoms with Crippen molar-refractivity contribution in [2.45, 2.75) is 33.6 Å². The Morgan fingerprint density at radius 2 is 1.81 bits per heavy atom. The normalized spacial score (nSPS) is 10.5. The number of hydrogen-bond donors (Lipinski definition) is 2. The summed E-state index contributed by atoms with van der Waals surface area (Å²) in [7, 11) is 0. The van der Waals surface area contributed by atoms with Crippen LogP contribution >= 0.6 is 12.2 Å². The predicted molar refractivity (Wildman–Crippen MR) is 111 cm³/mol. The molecule has 5 heteroatoms. The van der Waals surface area contributed by atoms with Crippen molar-refractivity contribution in [3.8, 4) is 5.75 Å². The highest BCUT2D eigenvalue weighted by molar-refractivity contribution is 7.80. The molecule has 2 aromatic carbocycles. The Bertz CT molecular complexity index is 742. The van der Waals surface area contributed by atoms with Crippen LogP contribution in [0.15, 0.2) is 48.5 Å². The van der Waals surface area contributed by atoms with E-state index in [0.29, 0.717) is 18.9 Å². The molecule has 0 unspecified atom stereocenters. The molecule has 0 aromatic heterocycles. The number of benzene rings is 2. The van der Waals surface area contributed by atoms with Crippen molar-refractivity contribution in [2.75, 3.05) is 11.9 Å². The molecule has 0 spiro atoms. The molecule has 0 atom stereocenters. The zero-order valence-corrected chi connectivity index (χ0v) is 16.4. The number of amides is 1. The molecular weight excluding hydrogens is 344 g/mol. The van der Waals surface area contributed by atoms with Gasteiger partial charge in [-0.15, -0.1) is 0 Å². The quantitative estimate of drug-likeness (QED) is 0.706. The highest BCUT2D eigenvalue weighted by Crippen LogP contribution is 2.16. The summed E-state index contributed by atoms with van der Waals surface area (Å²) in [4.78, 5) is 12.1. The topological polar surface area (TPSA) is 50.4 Å². The molecule has 0 fully saturated rings. The third kappa shape index (κ3) is 6.84. The Balaban J connectivity index is 1.80. The van der Waals surface area contributed by atoms with Gasteiger partial charge in [0, 0.05) is 5.69 Å². The minimum absolute atomic E-state index is 0.134. The lowest BCUT2D eigenvalue weighted by atomic mass is 10.1. The van der Waals surface area contributed by atoms with E-state index in [4.69, 9.17) is 17.0 Å². The number of ether oxygens (including phenoxy) is 1. The fourth-order valence-corrected chi connectivity index (χ4v) is 2.59. The van der Waals surface area contributed by atoms with Crippen LogP contribution in [0.2, 0.25) is 0 Å². The zero-order valence-electron chi connectivity index (χ0n) is 15.5. The molecule has 0 aliphatic carbocycles. The Labute approximate surface area is 161 Å². The summed E-state index contributed by atoms with van der Waals surface area (Å²) >= 11 is 5.22. The van der Waals surface area contributed by atoms with E-state index in [-0.39, 0.29) is 11.0 Å². The van der Waals surface area contributed by atoms with Gasteiger partial charge in [0.1, 0.15) is 5.75 Å². The summed E-state index contributed by atoms with van der Waals surface area (Å²) in [6, 6.07) is 15.4. The molecule has 0 saturated heterocycles. The van der Waals surface area contributed by atoms with Crippen LogP contribution in [0.5, 0.6) is 5.75 Å². The summed E-state index contributed by atoms with van der Waals surface area (Å²) in [5.74, 6) is 1.31. The van der Waals surface area contributed by atoms with Crippen LogP contribution in [0, 0.1) is 12.8 Å². The summed E-state index contributed by atoms with van der Waals surface area (Å²) in [5, 5.41) is 6.02. The lowest BCUT2D eigenvalue weighted by molar-refractivity contribution is -0.119. The standard InChI is InChI=1S/C21H26N2O2S/c1-15(2)12-13-25-19-10-8-18(9-11-19)22-21(26)23-20(24)14-17-7-5-4-6-16(17)3/h4-11,15H,12-14H2,1-3H3,(H2,22,23,24,26). The average molecular weight is 371 g/mol. The lowest BCUT2D eigenvalue weighted by Crippen LogP contribution is -2.35. The van der Waals surface area contributed by atoms with E-state index < -0.39 is 0 Å². The highest BCUT2D eigenvalue weighted by Gasteiger charge is 2.08. The second-order valence-corrected chi connectivity index (χ2v) is 7.07. The Morgan fingerprint density at radius 3 is 2.46 bits per heavy atom. The first kappa shape index (κ1) is 19.9. The number of carbonyl (C=O) groups excluding carboxylic acids is 1. The van der Waals surface area contributed by atoms with Crippen molar-refractivity contribution in [1.82, 2.24) is 5.32 Å². The van der Waals surface area contributed by atoms with E-state index in [1.807, 2.05) is 55.5 Å². The van der Waals surface area contributed by atoms with Gasteiger partial charge in [0.25, 0.3) is 0 Å². The second kappa shape index (κ2) is 9.92. The van der Waals surface area contributed by atoms with E-state index >= 15 is 0 Å². The van der Waals surface area contributed by atoms with Crippen LogP contribution < -0.4 is 15.4 Å². The van der Waals surface area contributed by atoms with E-state index in [0.717, 1.165) is 29.0 Å². The van der Waals surface area contributed by atoms with Gasteiger partial charge in [0.2, 0.25) is 5.91 Å². The fraction of sp³-hybridized carbons (Fsp3) is 0.333. The number of rotatable bonds is 7. The van der Waals surface area contributed by atoms with Crippen molar-refractivity contribution in [2.24, 2.45) is 5.92 Å². The summed E-state index contributed by atoms with van der Waals surface area (Å²) in [5.41, 5.74) is 2.90. The van der Waals surface area contributed by atoms with E-state index in [9.17, 15) is 4.79 Å². The molecule has 1 amide bonds. The molecule has 0 heterocycles. The molecule has 0 aliphatic heterocycles. The van der Waals surface area contributed by atoms with Gasteiger partial charge in [-0.25, -0.2) is 0 Å². The number of aryl methyl sites for hydroxylation is 1. The van der Waals surface area contributed by atoms with Gasteiger partial charge in [0.15, 0.2) is 5.11 Å². The maximum absolute atomic E-state index is 12.1. The maximum Gasteiger partial charge on any atom is 0.230 e. The molecule has 4 nitrogen and oxygen atoms in total. The number of carbonyl (C=O) groups is 1. The maximum atomic E-state index is 12.1. The second-order valence-electron chi connectivity index (χ2n) is 6.66. The highest BCUT2D eigenvalue weighted by atomic mass is 32.1. The van der Waals surface area contributed by atoms with E-state index in [1.54, 1.807) is 0 Å². The van der Waals surface area contributed by atoms with Gasteiger partial charge >= 0.3 is 0 Å². The molecule has 2 N–H and O–H groups in total. The molecule has 2 rings (SSSR count). The molecule has 0 radical (unpaired) electrons. The van der Waals surface area contributed by atoms with Crippen molar-refractivity contribution >= 4 is 28.9 Å². The Hall–Kier alpha value is -2.40. The molecule has 2 aromatic rings. The van der Waals surface area contributed by atoms with Gasteiger partial charge in [-0.1, -0.05) is 38.1 Å². The van der Waals surface area contributed by atoms with Gasteiger partial charge in [-0.2, -0.15) is 0 Å². The third-order valence-electron chi connectivity index (χ3n) is 3.94. The van der Waals surface area contributed by atoms with Crippen LogP contribution in [0.25, 0.3) is 0 Å². The van der Waals surface area contributed by atoms with Gasteiger partial charge in [-0.3, -0.25) is 4.79 Å². The Morgan fingerprint density at radius 1 is 1.12 bits per heavy atom. The Kier molecular flexibility index (Phi) is 7.60.